The Bertz CT molecular complexity index is 3480. The Morgan fingerprint density at radius 2 is 0.515 bits per heavy atom. The van der Waals surface area contributed by atoms with E-state index in [4.69, 9.17) is 0 Å². The van der Waals surface area contributed by atoms with Crippen LogP contribution in [0.3, 0.4) is 0 Å². The van der Waals surface area contributed by atoms with Crippen LogP contribution in [0.25, 0.3) is 109 Å². The van der Waals surface area contributed by atoms with E-state index in [1.807, 2.05) is 90.7 Å². The molecule has 0 N–H and O–H groups in total. The van der Waals surface area contributed by atoms with Crippen molar-refractivity contribution >= 4 is 268 Å². The van der Waals surface area contributed by atoms with E-state index < -0.39 is 16.1 Å². The van der Waals surface area contributed by atoms with Crippen LogP contribution < -0.4 is 9.00 Å². The van der Waals surface area contributed by atoms with E-state index in [1.165, 1.54) is 192 Å². The molecule has 0 aliphatic carbocycles. The summed E-state index contributed by atoms with van der Waals surface area (Å²) in [6, 6.07) is 8.42. The standard InChI is InChI=1S/C50H48Br2S12Si2/c1-7-13-65(14-8-2,15-9-3)49-39(51)37-35-29(23-57-45(35)61-47(37)63-49)27-21-55-43-33(27)31-25(19-53-41(31)59-43)26-20-54-42-32(26)34-28(22-56-44(34)60-42)30-24-58-46-36(30)38-40(52)50(64-48(38)62-46)66(16-10-4,17-11-5)18-12-6/h19-24H,7-18H2,1-6H3. The molecule has 0 amide bonds. The molecule has 0 fully saturated rings. The van der Waals surface area contributed by atoms with Crippen LogP contribution in [0, 0.1) is 0 Å². The van der Waals surface area contributed by atoms with Gasteiger partial charge in [0, 0.05) is 127 Å². The zero-order valence-electron chi connectivity index (χ0n) is 37.6. The van der Waals surface area contributed by atoms with E-state index in [-0.39, 0.29) is 0 Å². The Labute approximate surface area is 453 Å². The lowest BCUT2D eigenvalue weighted by atomic mass is 9.98. The van der Waals surface area contributed by atoms with Gasteiger partial charge in [-0.15, -0.1) is 136 Å². The number of hydrogen-bond donors (Lipinski definition) is 0. The maximum Gasteiger partial charge on any atom is 0.101 e. The second-order valence-electron chi connectivity index (χ2n) is 18.2. The Morgan fingerprint density at radius 3 is 0.742 bits per heavy atom. The topological polar surface area (TPSA) is 0 Å². The second kappa shape index (κ2) is 18.4. The molecule has 0 radical (unpaired) electrons. The summed E-state index contributed by atoms with van der Waals surface area (Å²) in [5.74, 6) is 0. The predicted molar refractivity (Wildman–Crippen MR) is 334 cm³/mol. The molecule has 12 heterocycles. The minimum absolute atomic E-state index is 1.29. The highest BCUT2D eigenvalue weighted by atomic mass is 79.9. The molecule has 0 spiro atoms. The molecule has 12 rings (SSSR count). The zero-order valence-corrected chi connectivity index (χ0v) is 52.6. The largest absolute Gasteiger partial charge is 0.133 e. The maximum atomic E-state index is 4.37. The van der Waals surface area contributed by atoms with Crippen LogP contribution in [0.1, 0.15) is 80.1 Å². The molecule has 0 aliphatic heterocycles. The highest BCUT2D eigenvalue weighted by Gasteiger charge is 2.39. The first-order valence-corrected chi connectivity index (χ1v) is 40.3. The molecular weight excluding hydrogens is 1200 g/mol. The molecule has 12 aromatic rings. The van der Waals surface area contributed by atoms with Crippen molar-refractivity contribution < 1.29 is 0 Å². The third kappa shape index (κ3) is 7.00. The van der Waals surface area contributed by atoms with Crippen LogP contribution in [0.15, 0.2) is 41.2 Å². The van der Waals surface area contributed by atoms with Crippen molar-refractivity contribution in [2.45, 2.75) is 116 Å². The van der Waals surface area contributed by atoms with E-state index in [0.717, 1.165) is 0 Å². The third-order valence-corrected chi connectivity index (χ3v) is 44.9. The minimum atomic E-state index is -1.62. The third-order valence-electron chi connectivity index (χ3n) is 14.1. The second-order valence-corrected chi connectivity index (χ2v) is 43.1. The molecule has 0 nitrogen and oxygen atoms in total. The molecule has 66 heavy (non-hydrogen) atoms. The van der Waals surface area contributed by atoms with Crippen molar-refractivity contribution in [3.05, 3.63) is 41.2 Å². The molecule has 0 aliphatic rings. The summed E-state index contributed by atoms with van der Waals surface area (Å²) in [6.07, 6.45) is 7.73. The van der Waals surface area contributed by atoms with Gasteiger partial charge in [-0.05, 0) is 31.9 Å². The smallest absolute Gasteiger partial charge is 0.101 e. The lowest BCUT2D eigenvalue weighted by Crippen LogP contribution is -2.46. The normalized spacial score (nSPS) is 13.3. The van der Waals surface area contributed by atoms with E-state index >= 15 is 0 Å². The van der Waals surface area contributed by atoms with Gasteiger partial charge in [0.25, 0.3) is 0 Å². The van der Waals surface area contributed by atoms with Gasteiger partial charge in [0.05, 0.1) is 32.1 Å². The van der Waals surface area contributed by atoms with Gasteiger partial charge in [-0.1, -0.05) is 116 Å². The van der Waals surface area contributed by atoms with Crippen molar-refractivity contribution in [3.63, 3.8) is 0 Å². The maximum absolute atomic E-state index is 4.37. The molecule has 342 valence electrons. The van der Waals surface area contributed by atoms with Crippen LogP contribution in [0.4, 0.5) is 0 Å². The van der Waals surface area contributed by atoms with Crippen molar-refractivity contribution in [1.29, 1.82) is 0 Å². The summed E-state index contributed by atoms with van der Waals surface area (Å²) >= 11 is 33.0. The summed E-state index contributed by atoms with van der Waals surface area (Å²) < 4.78 is 18.3. The molecule has 16 heteroatoms. The zero-order chi connectivity index (χ0) is 45.2. The van der Waals surface area contributed by atoms with Crippen molar-refractivity contribution in [3.8, 4) is 33.4 Å². The van der Waals surface area contributed by atoms with Gasteiger partial charge in [-0.25, -0.2) is 0 Å². The first-order chi connectivity index (χ1) is 32.2. The summed E-state index contributed by atoms with van der Waals surface area (Å²) in [5, 5.41) is 26.9. The molecule has 0 bridgehead atoms. The van der Waals surface area contributed by atoms with Crippen LogP contribution in [0.5, 0.6) is 0 Å². The molecular formula is C50H48Br2S12Si2. The molecule has 12 aromatic heterocycles. The lowest BCUT2D eigenvalue weighted by molar-refractivity contribution is 0.938. The van der Waals surface area contributed by atoms with Gasteiger partial charge < -0.3 is 0 Å². The SMILES string of the molecule is CCC[Si](CCC)(CCC)c1sc2sc3scc(-c4csc5sc6scc(-c7csc8sc9scc(-c%10csc%11sc%12sc([Si](CCC)(CCC)CCC)c(Br)c%12c%10%11)c9c78)c6c45)c3c2c1Br. The van der Waals surface area contributed by atoms with Crippen LogP contribution >= 0.6 is 168 Å². The van der Waals surface area contributed by atoms with Crippen LogP contribution in [-0.2, 0) is 0 Å². The summed E-state index contributed by atoms with van der Waals surface area (Å²) in [7, 11) is -3.23. The highest BCUT2D eigenvalue weighted by molar-refractivity contribution is 9.11. The fourth-order valence-electron chi connectivity index (χ4n) is 11.8. The van der Waals surface area contributed by atoms with E-state index in [9.17, 15) is 0 Å². The molecule has 0 saturated carbocycles. The first-order valence-electron chi connectivity index (χ1n) is 23.3. The predicted octanol–water partition coefficient (Wildman–Crippen LogP) is 23.9. The van der Waals surface area contributed by atoms with E-state index in [1.54, 1.807) is 9.00 Å². The van der Waals surface area contributed by atoms with Crippen molar-refractivity contribution in [2.75, 3.05) is 0 Å². The summed E-state index contributed by atoms with van der Waals surface area (Å²) in [5.41, 5.74) is 8.64. The number of thiophene rings is 12. The molecule has 0 atom stereocenters. The van der Waals surface area contributed by atoms with Gasteiger partial charge in [0.1, 0.15) is 16.1 Å². The Balaban J connectivity index is 1.02. The number of rotatable bonds is 17. The van der Waals surface area contributed by atoms with Crippen molar-refractivity contribution in [1.82, 2.24) is 0 Å². The highest BCUT2D eigenvalue weighted by Crippen LogP contribution is 2.59. The molecule has 0 aromatic carbocycles. The molecule has 0 unspecified atom stereocenters. The Kier molecular flexibility index (Phi) is 13.1. The summed E-state index contributed by atoms with van der Waals surface area (Å²) in [4.78, 5) is 0. The van der Waals surface area contributed by atoms with Crippen LogP contribution in [0.2, 0.25) is 36.3 Å². The van der Waals surface area contributed by atoms with E-state index in [2.05, 4.69) is 151 Å². The lowest BCUT2D eigenvalue weighted by Gasteiger charge is -2.30. The average molecular weight is 1250 g/mol. The quantitative estimate of drug-likeness (QED) is 0.0797. The number of fused-ring (bicyclic) bond motifs is 12. The minimum Gasteiger partial charge on any atom is -0.133 e. The van der Waals surface area contributed by atoms with Gasteiger partial charge in [-0.2, -0.15) is 0 Å². The van der Waals surface area contributed by atoms with E-state index in [0.29, 0.717) is 0 Å². The monoisotopic (exact) mass is 1250 g/mol. The number of hydrogen-bond acceptors (Lipinski definition) is 12. The van der Waals surface area contributed by atoms with Crippen molar-refractivity contribution in [2.24, 2.45) is 0 Å². The van der Waals surface area contributed by atoms with Crippen LogP contribution in [-0.4, -0.2) is 16.1 Å². The number of halogens is 2. The summed E-state index contributed by atoms with van der Waals surface area (Å²) in [6.45, 7) is 14.5. The Morgan fingerprint density at radius 1 is 0.303 bits per heavy atom. The van der Waals surface area contributed by atoms with Gasteiger partial charge in [-0.3, -0.25) is 0 Å². The fraction of sp³-hybridized carbons (Fsp3) is 0.360. The first kappa shape index (κ1) is 46.9. The van der Waals surface area contributed by atoms with Gasteiger partial charge in [0.2, 0.25) is 0 Å². The fourth-order valence-corrected chi connectivity index (χ4v) is 45.3. The molecule has 0 saturated heterocycles. The van der Waals surface area contributed by atoms with Gasteiger partial charge >= 0.3 is 0 Å². The Hall–Kier alpha value is -0.126. The van der Waals surface area contributed by atoms with Gasteiger partial charge in [0.15, 0.2) is 0 Å². The average Bonchev–Trinajstić information content (AvgIpc) is 4.12.